The number of Topliss-reactive ketones (excluding diaryl/α,β-unsaturated/α-hetero) is 1. The van der Waals surface area contributed by atoms with E-state index < -0.39 is 80.1 Å². The Hall–Kier alpha value is -2.07. The molecule has 186 valence electrons. The SMILES string of the molecule is COc1cc(O[C@H]2O[C@@H](CO[C@@H]3OC[C@@](O)(CO)[C@H]3O)[C@H](O)[C@@H](O)[C@@H]2O)cc(O)c1C(C)=O. The summed E-state index contributed by atoms with van der Waals surface area (Å²) in [5, 5.41) is 70.1. The first-order valence-corrected chi connectivity index (χ1v) is 10.0. The van der Waals surface area contributed by atoms with Gasteiger partial charge in [0.2, 0.25) is 6.29 Å². The molecule has 0 aliphatic carbocycles. The van der Waals surface area contributed by atoms with Crippen LogP contribution in [0.3, 0.4) is 0 Å². The molecular weight excluding hydrogens is 448 g/mol. The van der Waals surface area contributed by atoms with E-state index in [1.165, 1.54) is 20.1 Å². The molecule has 2 aliphatic rings. The quantitative estimate of drug-likeness (QED) is 0.190. The average molecular weight is 476 g/mol. The van der Waals surface area contributed by atoms with Gasteiger partial charge in [0, 0.05) is 12.1 Å². The Labute approximate surface area is 188 Å². The first-order chi connectivity index (χ1) is 15.5. The highest BCUT2D eigenvalue weighted by Crippen LogP contribution is 2.35. The molecule has 33 heavy (non-hydrogen) atoms. The van der Waals surface area contributed by atoms with Crippen molar-refractivity contribution < 1.29 is 64.2 Å². The fourth-order valence-electron chi connectivity index (χ4n) is 3.57. The Balaban J connectivity index is 1.71. The summed E-state index contributed by atoms with van der Waals surface area (Å²) < 4.78 is 26.5. The van der Waals surface area contributed by atoms with E-state index in [0.717, 1.165) is 6.07 Å². The molecule has 0 spiro atoms. The summed E-state index contributed by atoms with van der Waals surface area (Å²) in [6.45, 7) is -0.374. The van der Waals surface area contributed by atoms with Crippen molar-refractivity contribution in [3.8, 4) is 17.2 Å². The largest absolute Gasteiger partial charge is 0.507 e. The lowest BCUT2D eigenvalue weighted by Crippen LogP contribution is -2.60. The van der Waals surface area contributed by atoms with Gasteiger partial charge in [0.15, 0.2) is 12.1 Å². The number of hydrogen-bond donors (Lipinski definition) is 7. The number of ether oxygens (including phenoxy) is 5. The maximum atomic E-state index is 11.7. The van der Waals surface area contributed by atoms with Crippen LogP contribution in [-0.2, 0) is 14.2 Å². The predicted octanol–water partition coefficient (Wildman–Crippen LogP) is -2.75. The lowest BCUT2D eigenvalue weighted by Gasteiger charge is -2.40. The minimum absolute atomic E-state index is 0.00649. The van der Waals surface area contributed by atoms with Crippen LogP contribution in [0, 0.1) is 0 Å². The van der Waals surface area contributed by atoms with Crippen molar-refractivity contribution in [2.24, 2.45) is 0 Å². The predicted molar refractivity (Wildman–Crippen MR) is 106 cm³/mol. The number of phenolic OH excluding ortho intramolecular Hbond substituents is 1. The number of aliphatic hydroxyl groups excluding tert-OH is 5. The van der Waals surface area contributed by atoms with Gasteiger partial charge in [-0.05, 0) is 6.92 Å². The van der Waals surface area contributed by atoms with Crippen molar-refractivity contribution in [3.05, 3.63) is 17.7 Å². The molecule has 0 saturated carbocycles. The standard InChI is InChI=1S/C20H28O13/c1-8(22)13-10(23)3-9(4-11(13)29-2)32-18-16(26)15(25)14(24)12(33-18)5-30-19-17(27)20(28,6-21)7-31-19/h3-4,12,14-19,21,23-28H,5-7H2,1-2H3/t12-,14-,15+,16-,17-,18-,19+,20-/m0/s1. The number of hydrogen-bond acceptors (Lipinski definition) is 13. The van der Waals surface area contributed by atoms with Gasteiger partial charge in [-0.3, -0.25) is 4.79 Å². The van der Waals surface area contributed by atoms with E-state index in [1.807, 2.05) is 0 Å². The Kier molecular flexibility index (Phi) is 7.78. The average Bonchev–Trinajstić information content (AvgIpc) is 3.06. The lowest BCUT2D eigenvalue weighted by atomic mass is 9.99. The molecule has 13 heteroatoms. The van der Waals surface area contributed by atoms with Gasteiger partial charge >= 0.3 is 0 Å². The first-order valence-electron chi connectivity index (χ1n) is 10.0. The highest BCUT2D eigenvalue weighted by atomic mass is 16.7. The number of methoxy groups -OCH3 is 1. The van der Waals surface area contributed by atoms with Crippen LogP contribution in [0.1, 0.15) is 17.3 Å². The molecule has 0 radical (unpaired) electrons. The molecule has 8 atom stereocenters. The molecule has 0 unspecified atom stereocenters. The van der Waals surface area contributed by atoms with Gasteiger partial charge in [-0.2, -0.15) is 0 Å². The van der Waals surface area contributed by atoms with Gasteiger partial charge in [-0.1, -0.05) is 0 Å². The third-order valence-electron chi connectivity index (χ3n) is 5.55. The summed E-state index contributed by atoms with van der Waals surface area (Å²) in [4.78, 5) is 11.7. The molecule has 2 heterocycles. The Bertz CT molecular complexity index is 847. The minimum Gasteiger partial charge on any atom is -0.507 e. The molecule has 1 aromatic carbocycles. The molecule has 3 rings (SSSR count). The third-order valence-corrected chi connectivity index (χ3v) is 5.55. The van der Waals surface area contributed by atoms with Crippen LogP contribution in [0.4, 0.5) is 0 Å². The first kappa shape index (κ1) is 25.6. The van der Waals surface area contributed by atoms with E-state index >= 15 is 0 Å². The van der Waals surface area contributed by atoms with E-state index in [9.17, 15) is 40.5 Å². The maximum absolute atomic E-state index is 11.7. The van der Waals surface area contributed by atoms with Gasteiger partial charge in [0.25, 0.3) is 0 Å². The fraction of sp³-hybridized carbons (Fsp3) is 0.650. The zero-order valence-corrected chi connectivity index (χ0v) is 17.9. The summed E-state index contributed by atoms with van der Waals surface area (Å²) in [7, 11) is 1.28. The van der Waals surface area contributed by atoms with Gasteiger partial charge in [0.05, 0.1) is 26.9 Å². The molecule has 13 nitrogen and oxygen atoms in total. The van der Waals surface area contributed by atoms with Crippen LogP contribution in [0.2, 0.25) is 0 Å². The third kappa shape index (κ3) is 5.06. The number of aromatic hydroxyl groups is 1. The summed E-state index contributed by atoms with van der Waals surface area (Å²) in [5.74, 6) is -0.951. The van der Waals surface area contributed by atoms with Crippen LogP contribution in [-0.4, -0.2) is 117 Å². The van der Waals surface area contributed by atoms with Gasteiger partial charge in [-0.25, -0.2) is 0 Å². The molecule has 0 aromatic heterocycles. The summed E-state index contributed by atoms with van der Waals surface area (Å²) in [5.41, 5.74) is -1.99. The molecule has 2 aliphatic heterocycles. The second-order valence-electron chi connectivity index (χ2n) is 7.93. The van der Waals surface area contributed by atoms with E-state index in [0.29, 0.717) is 0 Å². The van der Waals surface area contributed by atoms with Crippen molar-refractivity contribution >= 4 is 5.78 Å². The zero-order chi connectivity index (χ0) is 24.5. The number of aliphatic hydroxyl groups is 6. The van der Waals surface area contributed by atoms with Crippen LogP contribution >= 0.6 is 0 Å². The second-order valence-corrected chi connectivity index (χ2v) is 7.93. The van der Waals surface area contributed by atoms with E-state index in [1.54, 1.807) is 0 Å². The van der Waals surface area contributed by atoms with Crippen LogP contribution in [0.15, 0.2) is 12.1 Å². The molecule has 0 bridgehead atoms. The van der Waals surface area contributed by atoms with Gasteiger partial charge < -0.3 is 59.4 Å². The number of carbonyl (C=O) groups is 1. The number of benzene rings is 1. The van der Waals surface area contributed by atoms with Crippen molar-refractivity contribution in [2.75, 3.05) is 26.9 Å². The Morgan fingerprint density at radius 3 is 2.42 bits per heavy atom. The zero-order valence-electron chi connectivity index (χ0n) is 17.9. The molecule has 0 amide bonds. The molecule has 2 saturated heterocycles. The van der Waals surface area contributed by atoms with Gasteiger partial charge in [-0.15, -0.1) is 0 Å². The summed E-state index contributed by atoms with van der Waals surface area (Å²) >= 11 is 0. The number of carbonyl (C=O) groups excluding carboxylic acids is 1. The number of ketones is 1. The van der Waals surface area contributed by atoms with E-state index in [-0.39, 0.29) is 17.1 Å². The van der Waals surface area contributed by atoms with E-state index in [4.69, 9.17) is 23.7 Å². The lowest BCUT2D eigenvalue weighted by molar-refractivity contribution is -0.289. The van der Waals surface area contributed by atoms with Crippen LogP contribution in [0.5, 0.6) is 17.2 Å². The topological polar surface area (TPSA) is 205 Å². The van der Waals surface area contributed by atoms with E-state index in [2.05, 4.69) is 0 Å². The van der Waals surface area contributed by atoms with Crippen molar-refractivity contribution in [2.45, 2.75) is 55.6 Å². The molecule has 7 N–H and O–H groups in total. The normalized spacial score (nSPS) is 36.5. The van der Waals surface area contributed by atoms with Crippen molar-refractivity contribution in [1.82, 2.24) is 0 Å². The molecule has 1 aromatic rings. The summed E-state index contributed by atoms with van der Waals surface area (Å²) in [6.07, 6.45) is -10.8. The molecule has 2 fully saturated rings. The van der Waals surface area contributed by atoms with Crippen LogP contribution in [0.25, 0.3) is 0 Å². The van der Waals surface area contributed by atoms with Crippen molar-refractivity contribution in [1.29, 1.82) is 0 Å². The monoisotopic (exact) mass is 476 g/mol. The summed E-state index contributed by atoms with van der Waals surface area (Å²) in [6, 6.07) is 2.37. The Morgan fingerprint density at radius 2 is 1.85 bits per heavy atom. The molecular formula is C20H28O13. The second kappa shape index (κ2) is 10.0. The Morgan fingerprint density at radius 1 is 1.15 bits per heavy atom. The van der Waals surface area contributed by atoms with Crippen molar-refractivity contribution in [3.63, 3.8) is 0 Å². The number of phenols is 1. The highest BCUT2D eigenvalue weighted by molar-refractivity contribution is 5.99. The van der Waals surface area contributed by atoms with Crippen LogP contribution < -0.4 is 9.47 Å². The number of rotatable bonds is 8. The fourth-order valence-corrected chi connectivity index (χ4v) is 3.57. The maximum Gasteiger partial charge on any atom is 0.229 e. The minimum atomic E-state index is -1.91. The highest BCUT2D eigenvalue weighted by Gasteiger charge is 2.50. The smallest absolute Gasteiger partial charge is 0.229 e. The van der Waals surface area contributed by atoms with Gasteiger partial charge in [0.1, 0.15) is 58.9 Å².